The van der Waals surface area contributed by atoms with E-state index in [9.17, 15) is 0 Å². The molecule has 0 saturated carbocycles. The molecule has 17 heavy (non-hydrogen) atoms. The van der Waals surface area contributed by atoms with Crippen LogP contribution >= 0.6 is 0 Å². The molecule has 0 bridgehead atoms. The SMILES string of the molecule is Cc1cc(Oc2ccc(CN)cc2C)ccn1. The van der Waals surface area contributed by atoms with Crippen molar-refractivity contribution in [1.82, 2.24) is 4.98 Å². The Morgan fingerprint density at radius 2 is 2.00 bits per heavy atom. The lowest BCUT2D eigenvalue weighted by Gasteiger charge is -2.10. The molecular weight excluding hydrogens is 212 g/mol. The van der Waals surface area contributed by atoms with Crippen LogP contribution in [0.4, 0.5) is 0 Å². The normalized spacial score (nSPS) is 10.3. The van der Waals surface area contributed by atoms with Gasteiger partial charge in [-0.25, -0.2) is 0 Å². The molecule has 0 fully saturated rings. The van der Waals surface area contributed by atoms with Gasteiger partial charge in [-0.15, -0.1) is 0 Å². The van der Waals surface area contributed by atoms with Crippen molar-refractivity contribution in [3.8, 4) is 11.5 Å². The Bertz CT molecular complexity index is 523. The van der Waals surface area contributed by atoms with Crippen molar-refractivity contribution in [3.63, 3.8) is 0 Å². The third-order valence-electron chi connectivity index (χ3n) is 2.57. The molecule has 3 nitrogen and oxygen atoms in total. The highest BCUT2D eigenvalue weighted by Crippen LogP contribution is 2.25. The van der Waals surface area contributed by atoms with Gasteiger partial charge < -0.3 is 10.5 Å². The number of ether oxygens (including phenoxy) is 1. The van der Waals surface area contributed by atoms with Crippen LogP contribution in [0.1, 0.15) is 16.8 Å². The fraction of sp³-hybridized carbons (Fsp3) is 0.214. The summed E-state index contributed by atoms with van der Waals surface area (Å²) >= 11 is 0. The van der Waals surface area contributed by atoms with E-state index in [-0.39, 0.29) is 0 Å². The van der Waals surface area contributed by atoms with E-state index in [1.807, 2.05) is 44.2 Å². The molecule has 1 heterocycles. The standard InChI is InChI=1S/C14H16N2O/c1-10-7-12(9-15)3-4-14(10)17-13-5-6-16-11(2)8-13/h3-8H,9,15H2,1-2H3. The van der Waals surface area contributed by atoms with Crippen LogP contribution in [-0.4, -0.2) is 4.98 Å². The van der Waals surface area contributed by atoms with E-state index in [0.29, 0.717) is 6.54 Å². The van der Waals surface area contributed by atoms with E-state index < -0.39 is 0 Å². The lowest BCUT2D eigenvalue weighted by Crippen LogP contribution is -1.97. The maximum atomic E-state index is 5.81. The van der Waals surface area contributed by atoms with Gasteiger partial charge >= 0.3 is 0 Å². The van der Waals surface area contributed by atoms with Gasteiger partial charge in [0.05, 0.1) is 0 Å². The van der Waals surface area contributed by atoms with Crippen LogP contribution in [0.2, 0.25) is 0 Å². The second kappa shape index (κ2) is 4.97. The van der Waals surface area contributed by atoms with Gasteiger partial charge in [0.1, 0.15) is 11.5 Å². The van der Waals surface area contributed by atoms with E-state index in [1.165, 1.54) is 0 Å². The van der Waals surface area contributed by atoms with Crippen molar-refractivity contribution in [2.24, 2.45) is 5.73 Å². The summed E-state index contributed by atoms with van der Waals surface area (Å²) in [6.45, 7) is 4.51. The number of hydrogen-bond donors (Lipinski definition) is 1. The minimum absolute atomic E-state index is 0.551. The molecule has 2 rings (SSSR count). The van der Waals surface area contributed by atoms with Gasteiger partial charge in [0.25, 0.3) is 0 Å². The first-order valence-electron chi connectivity index (χ1n) is 5.59. The Morgan fingerprint density at radius 3 is 2.65 bits per heavy atom. The zero-order valence-electron chi connectivity index (χ0n) is 10.1. The number of nitrogens with zero attached hydrogens (tertiary/aromatic N) is 1. The number of benzene rings is 1. The average Bonchev–Trinajstić information content (AvgIpc) is 2.32. The molecule has 0 aliphatic heterocycles. The molecule has 0 aliphatic rings. The third kappa shape index (κ3) is 2.82. The predicted molar refractivity (Wildman–Crippen MR) is 68.1 cm³/mol. The number of rotatable bonds is 3. The summed E-state index contributed by atoms with van der Waals surface area (Å²) in [5.41, 5.74) is 8.73. The van der Waals surface area contributed by atoms with Gasteiger partial charge in [0.2, 0.25) is 0 Å². The fourth-order valence-electron chi connectivity index (χ4n) is 1.66. The Kier molecular flexibility index (Phi) is 3.40. The maximum absolute atomic E-state index is 5.81. The van der Waals surface area contributed by atoms with Gasteiger partial charge in [-0.05, 0) is 37.1 Å². The fourth-order valence-corrected chi connectivity index (χ4v) is 1.66. The average molecular weight is 228 g/mol. The maximum Gasteiger partial charge on any atom is 0.130 e. The molecule has 1 aromatic carbocycles. The van der Waals surface area contributed by atoms with Crippen LogP contribution in [0, 0.1) is 13.8 Å². The quantitative estimate of drug-likeness (QED) is 0.878. The number of hydrogen-bond acceptors (Lipinski definition) is 3. The first-order valence-corrected chi connectivity index (χ1v) is 5.59. The summed E-state index contributed by atoms with van der Waals surface area (Å²) in [5, 5.41) is 0. The molecule has 1 aromatic heterocycles. The van der Waals surface area contributed by atoms with Gasteiger partial charge in [0.15, 0.2) is 0 Å². The van der Waals surface area contributed by atoms with Crippen molar-refractivity contribution >= 4 is 0 Å². The van der Waals surface area contributed by atoms with Crippen LogP contribution in [0.5, 0.6) is 11.5 Å². The second-order valence-electron chi connectivity index (χ2n) is 4.04. The van der Waals surface area contributed by atoms with Crippen LogP contribution in [-0.2, 0) is 6.54 Å². The highest BCUT2D eigenvalue weighted by atomic mass is 16.5. The van der Waals surface area contributed by atoms with Gasteiger partial charge in [-0.1, -0.05) is 12.1 Å². The van der Waals surface area contributed by atoms with Crippen molar-refractivity contribution in [3.05, 3.63) is 53.3 Å². The number of nitrogens with two attached hydrogens (primary N) is 1. The molecule has 3 heteroatoms. The van der Waals surface area contributed by atoms with Crippen molar-refractivity contribution in [2.45, 2.75) is 20.4 Å². The van der Waals surface area contributed by atoms with Crippen LogP contribution in [0.25, 0.3) is 0 Å². The molecule has 2 aromatic rings. The summed E-state index contributed by atoms with van der Waals surface area (Å²) in [4.78, 5) is 4.13. The lowest BCUT2D eigenvalue weighted by atomic mass is 10.1. The zero-order valence-corrected chi connectivity index (χ0v) is 10.1. The largest absolute Gasteiger partial charge is 0.457 e. The summed E-state index contributed by atoms with van der Waals surface area (Å²) in [6, 6.07) is 9.74. The first-order chi connectivity index (χ1) is 8.19. The van der Waals surface area contributed by atoms with Gasteiger partial charge in [-0.3, -0.25) is 4.98 Å². The lowest BCUT2D eigenvalue weighted by molar-refractivity contribution is 0.477. The summed E-state index contributed by atoms with van der Waals surface area (Å²) in [6.07, 6.45) is 1.74. The Labute approximate surface area is 101 Å². The minimum atomic E-state index is 0.551. The van der Waals surface area contributed by atoms with Gasteiger partial charge in [0, 0.05) is 24.5 Å². The number of aromatic nitrogens is 1. The predicted octanol–water partition coefficient (Wildman–Crippen LogP) is 2.95. The molecule has 0 aliphatic carbocycles. The van der Waals surface area contributed by atoms with E-state index in [0.717, 1.165) is 28.3 Å². The van der Waals surface area contributed by atoms with Crippen LogP contribution in [0.3, 0.4) is 0 Å². The van der Waals surface area contributed by atoms with Crippen molar-refractivity contribution in [1.29, 1.82) is 0 Å². The summed E-state index contributed by atoms with van der Waals surface area (Å²) in [5.74, 6) is 1.66. The minimum Gasteiger partial charge on any atom is -0.457 e. The molecule has 0 radical (unpaired) electrons. The molecule has 0 unspecified atom stereocenters. The molecule has 0 atom stereocenters. The van der Waals surface area contributed by atoms with E-state index >= 15 is 0 Å². The summed E-state index contributed by atoms with van der Waals surface area (Å²) in [7, 11) is 0. The molecule has 2 N–H and O–H groups in total. The first kappa shape index (κ1) is 11.6. The third-order valence-corrected chi connectivity index (χ3v) is 2.57. The monoisotopic (exact) mass is 228 g/mol. The highest BCUT2D eigenvalue weighted by molar-refractivity contribution is 5.39. The Balaban J connectivity index is 2.24. The van der Waals surface area contributed by atoms with E-state index in [4.69, 9.17) is 10.5 Å². The topological polar surface area (TPSA) is 48.1 Å². The van der Waals surface area contributed by atoms with E-state index in [1.54, 1.807) is 6.20 Å². The molecule has 0 saturated heterocycles. The Morgan fingerprint density at radius 1 is 1.18 bits per heavy atom. The smallest absolute Gasteiger partial charge is 0.130 e. The molecular formula is C14H16N2O. The number of aryl methyl sites for hydroxylation is 2. The Hall–Kier alpha value is -1.87. The van der Waals surface area contributed by atoms with Crippen LogP contribution < -0.4 is 10.5 Å². The van der Waals surface area contributed by atoms with Crippen molar-refractivity contribution in [2.75, 3.05) is 0 Å². The van der Waals surface area contributed by atoms with Gasteiger partial charge in [-0.2, -0.15) is 0 Å². The van der Waals surface area contributed by atoms with E-state index in [2.05, 4.69) is 4.98 Å². The van der Waals surface area contributed by atoms with Crippen LogP contribution in [0.15, 0.2) is 36.5 Å². The highest BCUT2D eigenvalue weighted by Gasteiger charge is 2.02. The second-order valence-corrected chi connectivity index (χ2v) is 4.04. The molecule has 0 amide bonds. The zero-order chi connectivity index (χ0) is 12.3. The molecule has 88 valence electrons. The molecule has 0 spiro atoms. The number of pyridine rings is 1. The van der Waals surface area contributed by atoms with Crippen molar-refractivity contribution < 1.29 is 4.74 Å². The summed E-state index contributed by atoms with van der Waals surface area (Å²) < 4.78 is 5.81.